The van der Waals surface area contributed by atoms with Crippen molar-refractivity contribution in [2.45, 2.75) is 25.8 Å². The van der Waals surface area contributed by atoms with E-state index in [-0.39, 0.29) is 5.82 Å². The molecule has 1 fully saturated rings. The van der Waals surface area contributed by atoms with Gasteiger partial charge in [0.1, 0.15) is 5.82 Å². The van der Waals surface area contributed by atoms with Crippen LogP contribution in [0.5, 0.6) is 0 Å². The summed E-state index contributed by atoms with van der Waals surface area (Å²) in [6, 6.07) is 5.20. The van der Waals surface area contributed by atoms with Crippen molar-refractivity contribution in [2.24, 2.45) is 0 Å². The summed E-state index contributed by atoms with van der Waals surface area (Å²) in [4.78, 5) is 2.45. The fourth-order valence-corrected chi connectivity index (χ4v) is 2.74. The van der Waals surface area contributed by atoms with Crippen molar-refractivity contribution in [3.05, 3.63) is 30.2 Å². The second kappa shape index (κ2) is 4.69. The molecule has 96 valence electrons. The highest BCUT2D eigenvalue weighted by Crippen LogP contribution is 2.23. The first kappa shape index (κ1) is 11.7. The summed E-state index contributed by atoms with van der Waals surface area (Å²) in [5.41, 5.74) is 0.880. The molecule has 18 heavy (non-hydrogen) atoms. The Morgan fingerprint density at radius 1 is 1.44 bits per heavy atom. The fraction of sp³-hybridized carbons (Fsp3) is 0.500. The SMILES string of the molecule is CCN1CCCC(n2cc3cc(F)ccc3n2)C1. The molecular weight excluding hydrogens is 229 g/mol. The fourth-order valence-electron chi connectivity index (χ4n) is 2.74. The lowest BCUT2D eigenvalue weighted by Gasteiger charge is -2.31. The number of nitrogens with zero attached hydrogens (tertiary/aromatic N) is 3. The number of aromatic nitrogens is 2. The zero-order chi connectivity index (χ0) is 12.5. The first-order valence-corrected chi connectivity index (χ1v) is 6.63. The predicted octanol–water partition coefficient (Wildman–Crippen LogP) is 2.83. The van der Waals surface area contributed by atoms with E-state index in [1.807, 2.05) is 10.9 Å². The average Bonchev–Trinajstić information content (AvgIpc) is 2.81. The zero-order valence-corrected chi connectivity index (χ0v) is 10.6. The summed E-state index contributed by atoms with van der Waals surface area (Å²) >= 11 is 0. The van der Waals surface area contributed by atoms with E-state index in [1.54, 1.807) is 12.1 Å². The molecule has 4 heteroatoms. The monoisotopic (exact) mass is 247 g/mol. The lowest BCUT2D eigenvalue weighted by Crippen LogP contribution is -2.36. The van der Waals surface area contributed by atoms with Gasteiger partial charge < -0.3 is 4.90 Å². The Kier molecular flexibility index (Phi) is 3.04. The standard InChI is InChI=1S/C14H18FN3/c1-2-17-7-3-4-13(10-17)18-9-11-8-12(15)5-6-14(11)16-18/h5-6,8-9,13H,2-4,7,10H2,1H3. The van der Waals surface area contributed by atoms with Gasteiger partial charge in [-0.05, 0) is 44.1 Å². The van der Waals surface area contributed by atoms with Gasteiger partial charge in [-0.2, -0.15) is 5.10 Å². The Labute approximate surface area is 106 Å². The van der Waals surface area contributed by atoms with Crippen LogP contribution in [0, 0.1) is 5.82 Å². The van der Waals surface area contributed by atoms with E-state index in [0.29, 0.717) is 6.04 Å². The highest BCUT2D eigenvalue weighted by atomic mass is 19.1. The second-order valence-corrected chi connectivity index (χ2v) is 5.00. The maximum Gasteiger partial charge on any atom is 0.124 e. The summed E-state index contributed by atoms with van der Waals surface area (Å²) < 4.78 is 15.2. The molecular formula is C14H18FN3. The number of hydrogen-bond donors (Lipinski definition) is 0. The van der Waals surface area contributed by atoms with Crippen molar-refractivity contribution in [1.29, 1.82) is 0 Å². The second-order valence-electron chi connectivity index (χ2n) is 5.00. The van der Waals surface area contributed by atoms with Gasteiger partial charge in [0, 0.05) is 18.1 Å². The molecule has 0 spiro atoms. The van der Waals surface area contributed by atoms with Crippen LogP contribution < -0.4 is 0 Å². The van der Waals surface area contributed by atoms with Gasteiger partial charge in [-0.1, -0.05) is 6.92 Å². The van der Waals surface area contributed by atoms with E-state index in [4.69, 9.17) is 0 Å². The quantitative estimate of drug-likeness (QED) is 0.813. The third-order valence-corrected chi connectivity index (χ3v) is 3.79. The normalized spacial score (nSPS) is 21.6. The largest absolute Gasteiger partial charge is 0.301 e. The minimum absolute atomic E-state index is 0.194. The molecule has 1 unspecified atom stereocenters. The number of hydrogen-bond acceptors (Lipinski definition) is 2. The van der Waals surface area contributed by atoms with Gasteiger partial charge in [-0.3, -0.25) is 4.68 Å². The molecule has 3 nitrogen and oxygen atoms in total. The molecule has 0 amide bonds. The summed E-state index contributed by atoms with van der Waals surface area (Å²) in [5.74, 6) is -0.194. The summed E-state index contributed by atoms with van der Waals surface area (Å²) in [5, 5.41) is 5.46. The predicted molar refractivity (Wildman–Crippen MR) is 70.1 cm³/mol. The maximum atomic E-state index is 13.2. The number of fused-ring (bicyclic) bond motifs is 1. The molecule has 2 aromatic rings. The molecule has 0 radical (unpaired) electrons. The van der Waals surface area contributed by atoms with Crippen LogP contribution in [-0.4, -0.2) is 34.3 Å². The average molecular weight is 247 g/mol. The number of likely N-dealkylation sites (N-methyl/N-ethyl adjacent to an activating group) is 1. The summed E-state index contributed by atoms with van der Waals surface area (Å²) in [6.07, 6.45) is 4.35. The minimum Gasteiger partial charge on any atom is -0.301 e. The Bertz CT molecular complexity index is 549. The third kappa shape index (κ3) is 2.12. The lowest BCUT2D eigenvalue weighted by atomic mass is 10.1. The number of halogens is 1. The van der Waals surface area contributed by atoms with Gasteiger partial charge >= 0.3 is 0 Å². The number of piperidine rings is 1. The molecule has 1 atom stereocenters. The number of rotatable bonds is 2. The minimum atomic E-state index is -0.194. The van der Waals surface area contributed by atoms with Gasteiger partial charge in [0.05, 0.1) is 11.6 Å². The highest BCUT2D eigenvalue weighted by molar-refractivity contribution is 5.77. The lowest BCUT2D eigenvalue weighted by molar-refractivity contribution is 0.178. The van der Waals surface area contributed by atoms with Crippen molar-refractivity contribution in [3.8, 4) is 0 Å². The molecule has 0 N–H and O–H groups in total. The van der Waals surface area contributed by atoms with Gasteiger partial charge in [-0.25, -0.2) is 4.39 Å². The molecule has 0 aliphatic carbocycles. The molecule has 1 saturated heterocycles. The Balaban J connectivity index is 1.89. The van der Waals surface area contributed by atoms with Crippen LogP contribution >= 0.6 is 0 Å². The van der Waals surface area contributed by atoms with Crippen LogP contribution in [0.4, 0.5) is 4.39 Å². The Morgan fingerprint density at radius 2 is 2.33 bits per heavy atom. The van der Waals surface area contributed by atoms with Crippen molar-refractivity contribution in [2.75, 3.05) is 19.6 Å². The first-order valence-electron chi connectivity index (χ1n) is 6.63. The molecule has 1 aromatic heterocycles. The molecule has 1 aliphatic heterocycles. The van der Waals surface area contributed by atoms with Crippen LogP contribution in [0.1, 0.15) is 25.8 Å². The molecule has 0 bridgehead atoms. The van der Waals surface area contributed by atoms with E-state index < -0.39 is 0 Å². The molecule has 0 saturated carbocycles. The molecule has 1 aliphatic rings. The number of likely N-dealkylation sites (tertiary alicyclic amines) is 1. The van der Waals surface area contributed by atoms with E-state index in [0.717, 1.165) is 30.4 Å². The van der Waals surface area contributed by atoms with Crippen LogP contribution in [0.25, 0.3) is 10.9 Å². The van der Waals surface area contributed by atoms with Gasteiger partial charge in [-0.15, -0.1) is 0 Å². The first-order chi connectivity index (χ1) is 8.76. The highest BCUT2D eigenvalue weighted by Gasteiger charge is 2.21. The van der Waals surface area contributed by atoms with Crippen molar-refractivity contribution < 1.29 is 4.39 Å². The van der Waals surface area contributed by atoms with Crippen molar-refractivity contribution >= 4 is 10.9 Å². The zero-order valence-electron chi connectivity index (χ0n) is 10.6. The third-order valence-electron chi connectivity index (χ3n) is 3.79. The van der Waals surface area contributed by atoms with E-state index >= 15 is 0 Å². The van der Waals surface area contributed by atoms with Crippen LogP contribution in [0.15, 0.2) is 24.4 Å². The molecule has 3 rings (SSSR count). The van der Waals surface area contributed by atoms with Crippen LogP contribution in [0.2, 0.25) is 0 Å². The van der Waals surface area contributed by atoms with Crippen molar-refractivity contribution in [3.63, 3.8) is 0 Å². The molecule has 2 heterocycles. The summed E-state index contributed by atoms with van der Waals surface area (Å²) in [7, 11) is 0. The topological polar surface area (TPSA) is 21.1 Å². The van der Waals surface area contributed by atoms with E-state index in [9.17, 15) is 4.39 Å². The van der Waals surface area contributed by atoms with Gasteiger partial charge in [0.25, 0.3) is 0 Å². The van der Waals surface area contributed by atoms with E-state index in [1.165, 1.54) is 19.0 Å². The smallest absolute Gasteiger partial charge is 0.124 e. The Morgan fingerprint density at radius 3 is 3.17 bits per heavy atom. The van der Waals surface area contributed by atoms with Gasteiger partial charge in [0.15, 0.2) is 0 Å². The molecule has 1 aromatic carbocycles. The van der Waals surface area contributed by atoms with Crippen LogP contribution in [-0.2, 0) is 0 Å². The summed E-state index contributed by atoms with van der Waals surface area (Å²) in [6.45, 7) is 5.51. The number of benzene rings is 1. The van der Waals surface area contributed by atoms with Gasteiger partial charge in [0.2, 0.25) is 0 Å². The Hall–Kier alpha value is -1.42. The maximum absolute atomic E-state index is 13.2. The van der Waals surface area contributed by atoms with Crippen molar-refractivity contribution in [1.82, 2.24) is 14.7 Å². The van der Waals surface area contributed by atoms with Crippen LogP contribution in [0.3, 0.4) is 0 Å². The van der Waals surface area contributed by atoms with E-state index in [2.05, 4.69) is 16.9 Å².